The van der Waals surface area contributed by atoms with Crippen LogP contribution in [0.3, 0.4) is 0 Å². The van der Waals surface area contributed by atoms with Gasteiger partial charge in [-0.2, -0.15) is 9.97 Å². The standard InChI is InChI=1S/C25H28N8O6S2/c1-4-39-23(36)20-14(2)27-25(40-20)30-24-28-21(32-10-9-31(3)19(35)13-32)17-11-18(34)33(22(17)29-24)12-15-5-7-16(8-6-15)41(26,37)38/h5-8H,4,9-13H2,1-3H3,(H2,26,37,38)(H,27,28,29,30). The van der Waals surface area contributed by atoms with Gasteiger partial charge in [-0.1, -0.05) is 23.5 Å². The summed E-state index contributed by atoms with van der Waals surface area (Å²) in [7, 11) is -2.13. The first-order valence-electron chi connectivity index (χ1n) is 12.7. The van der Waals surface area contributed by atoms with Crippen molar-refractivity contribution in [3.05, 3.63) is 46.0 Å². The number of primary sulfonamides is 1. The molecule has 16 heteroatoms. The van der Waals surface area contributed by atoms with Crippen LogP contribution in [0.25, 0.3) is 0 Å². The van der Waals surface area contributed by atoms with Crippen molar-refractivity contribution in [2.24, 2.45) is 5.14 Å². The highest BCUT2D eigenvalue weighted by Gasteiger charge is 2.36. The van der Waals surface area contributed by atoms with Gasteiger partial charge in [0.1, 0.15) is 16.5 Å². The Hall–Kier alpha value is -4.15. The van der Waals surface area contributed by atoms with E-state index in [1.165, 1.54) is 17.0 Å². The largest absolute Gasteiger partial charge is 0.462 e. The lowest BCUT2D eigenvalue weighted by atomic mass is 10.2. The minimum Gasteiger partial charge on any atom is -0.462 e. The quantitative estimate of drug-likeness (QED) is 0.354. The number of fused-ring (bicyclic) bond motifs is 1. The molecule has 2 aliphatic rings. The first-order valence-corrected chi connectivity index (χ1v) is 15.0. The van der Waals surface area contributed by atoms with E-state index in [1.807, 2.05) is 4.90 Å². The molecule has 3 aromatic rings. The number of nitrogens with zero attached hydrogens (tertiary/aromatic N) is 6. The van der Waals surface area contributed by atoms with E-state index >= 15 is 0 Å². The number of hydrogen-bond donors (Lipinski definition) is 2. The molecule has 1 fully saturated rings. The monoisotopic (exact) mass is 600 g/mol. The second-order valence-corrected chi connectivity index (χ2v) is 12.1. The molecule has 0 aliphatic carbocycles. The number of thiazole rings is 1. The third-order valence-electron chi connectivity index (χ3n) is 6.67. The van der Waals surface area contributed by atoms with Crippen molar-refractivity contribution in [2.45, 2.75) is 31.7 Å². The number of likely N-dealkylation sites (N-methyl/N-ethyl adjacent to an activating group) is 1. The zero-order chi connectivity index (χ0) is 29.5. The number of carbonyl (C=O) groups is 3. The molecule has 2 amide bonds. The van der Waals surface area contributed by atoms with Gasteiger partial charge in [0.15, 0.2) is 5.13 Å². The van der Waals surface area contributed by atoms with Crippen molar-refractivity contribution in [3.63, 3.8) is 0 Å². The van der Waals surface area contributed by atoms with Gasteiger partial charge in [0.2, 0.25) is 27.8 Å². The van der Waals surface area contributed by atoms with Crippen LogP contribution in [0.2, 0.25) is 0 Å². The van der Waals surface area contributed by atoms with E-state index in [-0.39, 0.29) is 48.8 Å². The topological polar surface area (TPSA) is 181 Å². The zero-order valence-corrected chi connectivity index (χ0v) is 24.2. The molecule has 0 spiro atoms. The lowest BCUT2D eigenvalue weighted by Gasteiger charge is -2.33. The maximum atomic E-state index is 13.2. The fourth-order valence-corrected chi connectivity index (χ4v) is 5.89. The van der Waals surface area contributed by atoms with Crippen LogP contribution in [0.1, 0.15) is 33.4 Å². The number of anilines is 4. The number of aromatic nitrogens is 3. The number of aryl methyl sites for hydroxylation is 1. The van der Waals surface area contributed by atoms with E-state index in [0.29, 0.717) is 51.6 Å². The number of ether oxygens (including phenoxy) is 1. The van der Waals surface area contributed by atoms with E-state index in [0.717, 1.165) is 11.3 Å². The van der Waals surface area contributed by atoms with Gasteiger partial charge in [-0.25, -0.2) is 23.3 Å². The summed E-state index contributed by atoms with van der Waals surface area (Å²) in [6.07, 6.45) is 0.0319. The van der Waals surface area contributed by atoms with Crippen LogP contribution >= 0.6 is 11.3 Å². The Morgan fingerprint density at radius 1 is 1.10 bits per heavy atom. The van der Waals surface area contributed by atoms with E-state index < -0.39 is 16.0 Å². The number of rotatable bonds is 8. The number of piperazine rings is 1. The molecule has 5 rings (SSSR count). The van der Waals surface area contributed by atoms with Gasteiger partial charge in [0.05, 0.1) is 36.7 Å². The van der Waals surface area contributed by atoms with Crippen molar-refractivity contribution in [2.75, 3.05) is 48.4 Å². The maximum Gasteiger partial charge on any atom is 0.350 e. The minimum atomic E-state index is -3.86. The number of esters is 1. The number of carbonyl (C=O) groups excluding carboxylic acids is 3. The van der Waals surface area contributed by atoms with Gasteiger partial charge >= 0.3 is 5.97 Å². The average Bonchev–Trinajstić information content (AvgIpc) is 3.44. The Kier molecular flexibility index (Phi) is 7.63. The first-order chi connectivity index (χ1) is 19.4. The summed E-state index contributed by atoms with van der Waals surface area (Å²) < 4.78 is 28.4. The summed E-state index contributed by atoms with van der Waals surface area (Å²) in [6.45, 7) is 4.86. The molecule has 0 atom stereocenters. The van der Waals surface area contributed by atoms with Gasteiger partial charge in [-0.15, -0.1) is 0 Å². The number of hydrogen-bond acceptors (Lipinski definition) is 12. The predicted octanol–water partition coefficient (Wildman–Crippen LogP) is 1.18. The molecule has 3 N–H and O–H groups in total. The van der Waals surface area contributed by atoms with Crippen LogP contribution in [0.15, 0.2) is 29.2 Å². The molecular weight excluding hydrogens is 572 g/mol. The molecule has 0 radical (unpaired) electrons. The molecule has 216 valence electrons. The summed E-state index contributed by atoms with van der Waals surface area (Å²) in [4.78, 5) is 57.0. The highest BCUT2D eigenvalue weighted by Crippen LogP contribution is 2.37. The average molecular weight is 601 g/mol. The molecular formula is C25H28N8O6S2. The SMILES string of the molecule is CCOC(=O)c1sc(Nc2nc(N3CCN(C)C(=O)C3)c3c(n2)N(Cc2ccc(S(N)(=O)=O)cc2)C(=O)C3)nc1C. The Labute approximate surface area is 240 Å². The molecule has 0 bridgehead atoms. The normalized spacial score (nSPS) is 15.4. The van der Waals surface area contributed by atoms with Crippen LogP contribution in [-0.2, 0) is 37.3 Å². The van der Waals surface area contributed by atoms with Crippen molar-refractivity contribution in [3.8, 4) is 0 Å². The first kappa shape index (κ1) is 28.4. The van der Waals surface area contributed by atoms with Gasteiger partial charge < -0.3 is 14.5 Å². The lowest BCUT2D eigenvalue weighted by molar-refractivity contribution is -0.129. The van der Waals surface area contributed by atoms with E-state index in [4.69, 9.17) is 9.88 Å². The number of benzene rings is 1. The number of sulfonamides is 1. The molecule has 1 saturated heterocycles. The van der Waals surface area contributed by atoms with Gasteiger partial charge in [0.25, 0.3) is 0 Å². The fraction of sp³-hybridized carbons (Fsp3) is 0.360. The second kappa shape index (κ2) is 11.0. The van der Waals surface area contributed by atoms with Crippen LogP contribution < -0.4 is 20.3 Å². The summed E-state index contributed by atoms with van der Waals surface area (Å²) in [5.41, 5.74) is 1.74. The molecule has 41 heavy (non-hydrogen) atoms. The van der Waals surface area contributed by atoms with Crippen LogP contribution in [0, 0.1) is 6.92 Å². The molecule has 1 aromatic carbocycles. The second-order valence-electron chi connectivity index (χ2n) is 9.53. The third kappa shape index (κ3) is 5.84. The van der Waals surface area contributed by atoms with Crippen molar-refractivity contribution >= 4 is 61.9 Å². The molecule has 2 aromatic heterocycles. The summed E-state index contributed by atoms with van der Waals surface area (Å²) >= 11 is 1.09. The molecule has 14 nitrogen and oxygen atoms in total. The van der Waals surface area contributed by atoms with Gasteiger partial charge in [-0.05, 0) is 31.5 Å². The molecule has 0 unspecified atom stereocenters. The lowest BCUT2D eigenvalue weighted by Crippen LogP contribution is -2.49. The predicted molar refractivity (Wildman–Crippen MR) is 151 cm³/mol. The minimum absolute atomic E-state index is 0.0319. The van der Waals surface area contributed by atoms with E-state index in [2.05, 4.69) is 20.3 Å². The third-order valence-corrected chi connectivity index (χ3v) is 8.66. The Morgan fingerprint density at radius 3 is 2.46 bits per heavy atom. The summed E-state index contributed by atoms with van der Waals surface area (Å²) in [5, 5.41) is 8.62. The van der Waals surface area contributed by atoms with E-state index in [1.54, 1.807) is 37.9 Å². The number of nitrogens with two attached hydrogens (primary N) is 1. The fourth-order valence-electron chi connectivity index (χ4n) is 4.53. The summed E-state index contributed by atoms with van der Waals surface area (Å²) in [5.74, 6) is 0.176. The van der Waals surface area contributed by atoms with Crippen molar-refractivity contribution in [1.82, 2.24) is 19.9 Å². The van der Waals surface area contributed by atoms with Crippen LogP contribution in [-0.4, -0.2) is 79.3 Å². The van der Waals surface area contributed by atoms with E-state index in [9.17, 15) is 22.8 Å². The summed E-state index contributed by atoms with van der Waals surface area (Å²) in [6, 6.07) is 5.93. The van der Waals surface area contributed by atoms with Crippen molar-refractivity contribution < 1.29 is 27.5 Å². The molecule has 2 aliphatic heterocycles. The maximum absolute atomic E-state index is 13.2. The highest BCUT2D eigenvalue weighted by molar-refractivity contribution is 7.89. The number of amides is 2. The highest BCUT2D eigenvalue weighted by atomic mass is 32.2. The molecule has 4 heterocycles. The van der Waals surface area contributed by atoms with Crippen LogP contribution in [0.5, 0.6) is 0 Å². The zero-order valence-electron chi connectivity index (χ0n) is 22.6. The number of nitrogens with one attached hydrogen (secondary N) is 1. The molecule has 0 saturated carbocycles. The van der Waals surface area contributed by atoms with Crippen molar-refractivity contribution in [1.29, 1.82) is 0 Å². The Balaban J connectivity index is 1.51. The van der Waals surface area contributed by atoms with Gasteiger partial charge in [-0.3, -0.25) is 19.8 Å². The van der Waals surface area contributed by atoms with Gasteiger partial charge in [0, 0.05) is 25.7 Å². The Morgan fingerprint density at radius 2 is 1.80 bits per heavy atom. The smallest absolute Gasteiger partial charge is 0.350 e. The Bertz CT molecular complexity index is 1640. The van der Waals surface area contributed by atoms with Crippen LogP contribution in [0.4, 0.5) is 22.7 Å².